The first-order valence-electron chi connectivity index (χ1n) is 8.58. The highest BCUT2D eigenvalue weighted by Gasteiger charge is 2.11. The molecule has 26 heavy (non-hydrogen) atoms. The summed E-state index contributed by atoms with van der Waals surface area (Å²) in [4.78, 5) is 25.9. The number of pyridine rings is 1. The monoisotopic (exact) mass is 354 g/mol. The van der Waals surface area contributed by atoms with Crippen molar-refractivity contribution in [1.82, 2.24) is 4.98 Å². The fourth-order valence-electron chi connectivity index (χ4n) is 2.58. The number of hydrogen-bond donors (Lipinski definition) is 1. The van der Waals surface area contributed by atoms with E-state index in [9.17, 15) is 14.9 Å². The third kappa shape index (κ3) is 5.21. The molecule has 0 unspecified atom stereocenters. The van der Waals surface area contributed by atoms with Crippen LogP contribution in [0.15, 0.2) is 35.1 Å². The van der Waals surface area contributed by atoms with E-state index in [0.717, 1.165) is 12.0 Å². The van der Waals surface area contributed by atoms with Gasteiger partial charge in [-0.25, -0.2) is 0 Å². The average Bonchev–Trinajstić information content (AvgIpc) is 2.61. The van der Waals surface area contributed by atoms with Crippen LogP contribution in [-0.4, -0.2) is 24.2 Å². The molecule has 0 saturated heterocycles. The number of unbranched alkanes of at least 4 members (excludes halogenated alkanes) is 1. The Morgan fingerprint density at radius 3 is 2.81 bits per heavy atom. The lowest BCUT2D eigenvalue weighted by atomic mass is 10.0. The molecule has 0 spiro atoms. The molecule has 1 aromatic heterocycles. The first-order chi connectivity index (χ1) is 12.5. The molecule has 6 heteroatoms. The summed E-state index contributed by atoms with van der Waals surface area (Å²) in [5.41, 5.74) is 1.71. The minimum absolute atomic E-state index is 0.0854. The van der Waals surface area contributed by atoms with E-state index >= 15 is 0 Å². The van der Waals surface area contributed by atoms with Gasteiger partial charge in [0.1, 0.15) is 17.4 Å². The van der Waals surface area contributed by atoms with E-state index in [2.05, 4.69) is 4.98 Å². The van der Waals surface area contributed by atoms with E-state index < -0.39 is 5.56 Å². The molecule has 0 amide bonds. The number of H-pyrrole nitrogens is 1. The molecule has 0 fully saturated rings. The summed E-state index contributed by atoms with van der Waals surface area (Å²) in [5.74, 6) is 0.462. The molecule has 2 aromatic rings. The zero-order chi connectivity index (χ0) is 18.9. The lowest BCUT2D eigenvalue weighted by Gasteiger charge is -2.09. The number of benzene rings is 1. The highest BCUT2D eigenvalue weighted by Crippen LogP contribution is 2.26. The number of nitrogens with zero attached hydrogens (tertiary/aromatic N) is 1. The molecular weight excluding hydrogens is 332 g/mol. The Hall–Kier alpha value is -3.07. The average molecular weight is 354 g/mol. The molecule has 0 radical (unpaired) electrons. The Kier molecular flexibility index (Phi) is 6.98. The van der Waals surface area contributed by atoms with Crippen LogP contribution in [0.4, 0.5) is 0 Å². The van der Waals surface area contributed by atoms with E-state index in [1.165, 1.54) is 0 Å². The molecule has 0 atom stereocenters. The van der Waals surface area contributed by atoms with Crippen LogP contribution in [0, 0.1) is 18.3 Å². The maximum Gasteiger partial charge on any atom is 0.305 e. The van der Waals surface area contributed by atoms with Crippen molar-refractivity contribution >= 4 is 5.97 Å². The summed E-state index contributed by atoms with van der Waals surface area (Å²) >= 11 is 0. The zero-order valence-corrected chi connectivity index (χ0v) is 15.0. The topological polar surface area (TPSA) is 92.2 Å². The number of carbonyl (C=O) groups excluding carboxylic acids is 1. The second-order valence-electron chi connectivity index (χ2n) is 5.82. The molecule has 1 aromatic carbocycles. The molecule has 6 nitrogen and oxygen atoms in total. The van der Waals surface area contributed by atoms with E-state index in [4.69, 9.17) is 9.47 Å². The summed E-state index contributed by atoms with van der Waals surface area (Å²) in [6.07, 6.45) is 1.82. The minimum Gasteiger partial charge on any atom is -0.494 e. The minimum atomic E-state index is -0.396. The van der Waals surface area contributed by atoms with Crippen molar-refractivity contribution in [3.05, 3.63) is 51.9 Å². The lowest BCUT2D eigenvalue weighted by Crippen LogP contribution is -2.12. The quantitative estimate of drug-likeness (QED) is 0.580. The SMILES string of the molecule is CCOC(=O)CCCCOc1cccc(-c2cc(C)[nH]c(=O)c2C#N)c1. The first-order valence-corrected chi connectivity index (χ1v) is 8.58. The summed E-state index contributed by atoms with van der Waals surface area (Å²) in [6.45, 7) is 4.43. The van der Waals surface area contributed by atoms with Crippen molar-refractivity contribution in [2.24, 2.45) is 0 Å². The molecule has 1 heterocycles. The first kappa shape index (κ1) is 19.3. The van der Waals surface area contributed by atoms with Crippen molar-refractivity contribution in [2.75, 3.05) is 13.2 Å². The van der Waals surface area contributed by atoms with Gasteiger partial charge < -0.3 is 14.5 Å². The largest absolute Gasteiger partial charge is 0.494 e. The van der Waals surface area contributed by atoms with Crippen molar-refractivity contribution in [3.63, 3.8) is 0 Å². The molecule has 0 bridgehead atoms. The summed E-state index contributed by atoms with van der Waals surface area (Å²) < 4.78 is 10.6. The van der Waals surface area contributed by atoms with Gasteiger partial charge in [-0.15, -0.1) is 0 Å². The number of aromatic nitrogens is 1. The van der Waals surface area contributed by atoms with Crippen LogP contribution in [0.5, 0.6) is 5.75 Å². The number of aromatic amines is 1. The van der Waals surface area contributed by atoms with Crippen LogP contribution in [0.2, 0.25) is 0 Å². The number of nitrogens with one attached hydrogen (secondary N) is 1. The molecule has 0 aliphatic rings. The second kappa shape index (κ2) is 9.42. The predicted octanol–water partition coefficient (Wildman–Crippen LogP) is 3.33. The Balaban J connectivity index is 2.02. The molecule has 0 aliphatic carbocycles. The van der Waals surface area contributed by atoms with Gasteiger partial charge in [0.2, 0.25) is 0 Å². The summed E-state index contributed by atoms with van der Waals surface area (Å²) in [5, 5.41) is 9.27. The van der Waals surface area contributed by atoms with Gasteiger partial charge >= 0.3 is 5.97 Å². The Labute approximate surface area is 152 Å². The summed E-state index contributed by atoms with van der Waals surface area (Å²) in [7, 11) is 0. The highest BCUT2D eigenvalue weighted by atomic mass is 16.5. The van der Waals surface area contributed by atoms with Crippen LogP contribution in [-0.2, 0) is 9.53 Å². The number of nitriles is 1. The zero-order valence-electron chi connectivity index (χ0n) is 15.0. The van der Waals surface area contributed by atoms with Crippen molar-refractivity contribution < 1.29 is 14.3 Å². The third-order valence-electron chi connectivity index (χ3n) is 3.77. The van der Waals surface area contributed by atoms with Crippen molar-refractivity contribution in [1.29, 1.82) is 5.26 Å². The molecular formula is C20H22N2O4. The Morgan fingerprint density at radius 2 is 2.08 bits per heavy atom. The second-order valence-corrected chi connectivity index (χ2v) is 5.82. The van der Waals surface area contributed by atoms with Gasteiger partial charge in [-0.2, -0.15) is 5.26 Å². The molecule has 0 saturated carbocycles. The molecule has 136 valence electrons. The van der Waals surface area contributed by atoms with Crippen LogP contribution in [0.1, 0.15) is 37.4 Å². The van der Waals surface area contributed by atoms with E-state index in [-0.39, 0.29) is 11.5 Å². The van der Waals surface area contributed by atoms with Gasteiger partial charge in [-0.3, -0.25) is 9.59 Å². The fraction of sp³-hybridized carbons (Fsp3) is 0.350. The number of rotatable bonds is 8. The molecule has 0 aliphatic heterocycles. The van der Waals surface area contributed by atoms with Gasteiger partial charge in [0, 0.05) is 17.7 Å². The van der Waals surface area contributed by atoms with Crippen LogP contribution in [0.25, 0.3) is 11.1 Å². The van der Waals surface area contributed by atoms with E-state index in [1.807, 2.05) is 24.3 Å². The van der Waals surface area contributed by atoms with Crippen molar-refractivity contribution in [3.8, 4) is 22.9 Å². The van der Waals surface area contributed by atoms with Crippen molar-refractivity contribution in [2.45, 2.75) is 33.1 Å². The van der Waals surface area contributed by atoms with Crippen LogP contribution in [0.3, 0.4) is 0 Å². The molecule has 2 rings (SSSR count). The number of hydrogen-bond acceptors (Lipinski definition) is 5. The third-order valence-corrected chi connectivity index (χ3v) is 3.77. The highest BCUT2D eigenvalue weighted by molar-refractivity contribution is 5.71. The summed E-state index contributed by atoms with van der Waals surface area (Å²) in [6, 6.07) is 11.0. The van der Waals surface area contributed by atoms with Gasteiger partial charge in [0.05, 0.1) is 13.2 Å². The van der Waals surface area contributed by atoms with Crippen LogP contribution >= 0.6 is 0 Å². The number of ether oxygens (including phenoxy) is 2. The fourth-order valence-corrected chi connectivity index (χ4v) is 2.58. The smallest absolute Gasteiger partial charge is 0.305 e. The van der Waals surface area contributed by atoms with E-state index in [0.29, 0.717) is 43.1 Å². The maximum atomic E-state index is 11.9. The number of aryl methyl sites for hydroxylation is 1. The Bertz CT molecular complexity index is 865. The van der Waals surface area contributed by atoms with Gasteiger partial charge in [0.25, 0.3) is 5.56 Å². The number of esters is 1. The predicted molar refractivity (Wildman–Crippen MR) is 97.9 cm³/mol. The van der Waals surface area contributed by atoms with E-state index in [1.54, 1.807) is 26.0 Å². The van der Waals surface area contributed by atoms with Crippen LogP contribution < -0.4 is 10.3 Å². The maximum absolute atomic E-state index is 11.9. The normalized spacial score (nSPS) is 10.2. The van der Waals surface area contributed by atoms with Gasteiger partial charge in [-0.1, -0.05) is 12.1 Å². The van der Waals surface area contributed by atoms with Gasteiger partial charge in [-0.05, 0) is 50.5 Å². The molecule has 1 N–H and O–H groups in total. The number of carbonyl (C=O) groups is 1. The van der Waals surface area contributed by atoms with Gasteiger partial charge in [0.15, 0.2) is 0 Å². The standard InChI is InChI=1S/C20H22N2O4/c1-3-25-19(23)9-4-5-10-26-16-8-6-7-15(12-16)17-11-14(2)22-20(24)18(17)13-21/h6-8,11-12H,3-5,9-10H2,1-2H3,(H,22,24). The Morgan fingerprint density at radius 1 is 1.27 bits per heavy atom. The lowest BCUT2D eigenvalue weighted by molar-refractivity contribution is -0.143.